The van der Waals surface area contributed by atoms with Crippen LogP contribution in [0, 0.1) is 11.8 Å². The maximum atomic E-state index is 12.1. The van der Waals surface area contributed by atoms with E-state index in [1.54, 1.807) is 24.3 Å². The summed E-state index contributed by atoms with van der Waals surface area (Å²) in [4.78, 5) is 12.1. The third-order valence-electron chi connectivity index (χ3n) is 2.75. The van der Waals surface area contributed by atoms with Crippen LogP contribution in [0.2, 0.25) is 5.02 Å². The lowest BCUT2D eigenvalue weighted by atomic mass is 9.93. The van der Waals surface area contributed by atoms with Gasteiger partial charge in [-0.15, -0.1) is 0 Å². The molecule has 1 atom stereocenters. The minimum absolute atomic E-state index is 0.0225. The Kier molecular flexibility index (Phi) is 6.16. The van der Waals surface area contributed by atoms with E-state index in [0.29, 0.717) is 17.5 Å². The van der Waals surface area contributed by atoms with Crippen LogP contribution in [0.3, 0.4) is 0 Å². The maximum Gasteiger partial charge on any atom is 0.227 e. The van der Waals surface area contributed by atoms with Crippen molar-refractivity contribution in [2.45, 2.75) is 26.7 Å². The number of hydrogen-bond donors (Lipinski definition) is 2. The second-order valence-electron chi connectivity index (χ2n) is 4.90. The van der Waals surface area contributed by atoms with Gasteiger partial charge in [-0.2, -0.15) is 0 Å². The first-order valence-electron chi connectivity index (χ1n) is 6.29. The molecular formula is C14H21ClN2O. The van der Waals surface area contributed by atoms with Crippen LogP contribution in [0.15, 0.2) is 24.3 Å². The number of nitrogens with two attached hydrogens (primary N) is 1. The average Bonchev–Trinajstić information content (AvgIpc) is 2.31. The van der Waals surface area contributed by atoms with E-state index in [-0.39, 0.29) is 11.8 Å². The zero-order valence-corrected chi connectivity index (χ0v) is 11.7. The summed E-state index contributed by atoms with van der Waals surface area (Å²) in [5.74, 6) is 0.500. The van der Waals surface area contributed by atoms with Crippen molar-refractivity contribution in [3.05, 3.63) is 29.3 Å². The molecule has 1 aromatic rings. The van der Waals surface area contributed by atoms with E-state index in [1.165, 1.54) is 0 Å². The fraction of sp³-hybridized carbons (Fsp3) is 0.500. The second kappa shape index (κ2) is 7.39. The van der Waals surface area contributed by atoms with Crippen molar-refractivity contribution in [1.29, 1.82) is 0 Å². The molecule has 0 fully saturated rings. The summed E-state index contributed by atoms with van der Waals surface area (Å²) >= 11 is 5.80. The van der Waals surface area contributed by atoms with Gasteiger partial charge in [-0.3, -0.25) is 4.79 Å². The highest BCUT2D eigenvalue weighted by Crippen LogP contribution is 2.19. The quantitative estimate of drug-likeness (QED) is 0.832. The van der Waals surface area contributed by atoms with Crippen molar-refractivity contribution < 1.29 is 4.79 Å². The molecule has 100 valence electrons. The molecule has 1 unspecified atom stereocenters. The molecule has 0 spiro atoms. The fourth-order valence-electron chi connectivity index (χ4n) is 1.90. The minimum Gasteiger partial charge on any atom is -0.330 e. The van der Waals surface area contributed by atoms with Gasteiger partial charge in [0.05, 0.1) is 0 Å². The molecule has 0 bridgehead atoms. The van der Waals surface area contributed by atoms with E-state index in [1.807, 2.05) is 0 Å². The molecule has 0 aliphatic heterocycles. The lowest BCUT2D eigenvalue weighted by Gasteiger charge is -2.18. The molecule has 3 N–H and O–H groups in total. The predicted molar refractivity (Wildman–Crippen MR) is 76.7 cm³/mol. The molecule has 1 rings (SSSR count). The molecule has 0 aromatic heterocycles. The Labute approximate surface area is 114 Å². The zero-order chi connectivity index (χ0) is 13.5. The molecule has 3 nitrogen and oxygen atoms in total. The van der Waals surface area contributed by atoms with Crippen LogP contribution in [0.25, 0.3) is 0 Å². The summed E-state index contributed by atoms with van der Waals surface area (Å²) < 4.78 is 0. The van der Waals surface area contributed by atoms with Gasteiger partial charge in [-0.25, -0.2) is 0 Å². The normalized spacial score (nSPS) is 12.5. The van der Waals surface area contributed by atoms with Gasteiger partial charge in [0.25, 0.3) is 0 Å². The number of benzene rings is 1. The van der Waals surface area contributed by atoms with Crippen molar-refractivity contribution in [3.63, 3.8) is 0 Å². The fourth-order valence-corrected chi connectivity index (χ4v) is 2.03. The molecular weight excluding hydrogens is 248 g/mol. The Morgan fingerprint density at radius 2 is 1.94 bits per heavy atom. The highest BCUT2D eigenvalue weighted by atomic mass is 35.5. The first-order chi connectivity index (χ1) is 8.52. The largest absolute Gasteiger partial charge is 0.330 e. The highest BCUT2D eigenvalue weighted by Gasteiger charge is 2.18. The first kappa shape index (κ1) is 15.0. The van der Waals surface area contributed by atoms with Crippen LogP contribution >= 0.6 is 11.6 Å². The lowest BCUT2D eigenvalue weighted by Crippen LogP contribution is -2.26. The molecule has 0 saturated carbocycles. The lowest BCUT2D eigenvalue weighted by molar-refractivity contribution is -0.120. The van der Waals surface area contributed by atoms with Crippen molar-refractivity contribution in [2.24, 2.45) is 17.6 Å². The zero-order valence-electron chi connectivity index (χ0n) is 10.9. The van der Waals surface area contributed by atoms with Crippen LogP contribution in [0.4, 0.5) is 5.69 Å². The van der Waals surface area contributed by atoms with Crippen LogP contribution in [0.1, 0.15) is 26.7 Å². The number of halogens is 1. The van der Waals surface area contributed by atoms with E-state index in [0.717, 1.165) is 18.5 Å². The number of amides is 1. The van der Waals surface area contributed by atoms with Gasteiger partial charge >= 0.3 is 0 Å². The summed E-state index contributed by atoms with van der Waals surface area (Å²) in [5.41, 5.74) is 6.33. The predicted octanol–water partition coefficient (Wildman–Crippen LogP) is 3.29. The van der Waals surface area contributed by atoms with Gasteiger partial charge in [0, 0.05) is 16.6 Å². The van der Waals surface area contributed by atoms with E-state index in [9.17, 15) is 4.79 Å². The van der Waals surface area contributed by atoms with Crippen molar-refractivity contribution in [3.8, 4) is 0 Å². The minimum atomic E-state index is -0.0225. The Balaban J connectivity index is 2.63. The molecule has 1 aromatic carbocycles. The van der Waals surface area contributed by atoms with Gasteiger partial charge in [-0.1, -0.05) is 25.4 Å². The number of nitrogens with one attached hydrogen (secondary N) is 1. The number of hydrogen-bond acceptors (Lipinski definition) is 2. The van der Waals surface area contributed by atoms with Gasteiger partial charge in [0.2, 0.25) is 5.91 Å². The molecule has 0 saturated heterocycles. The maximum absolute atomic E-state index is 12.1. The smallest absolute Gasteiger partial charge is 0.227 e. The summed E-state index contributed by atoms with van der Waals surface area (Å²) in [7, 11) is 0. The second-order valence-corrected chi connectivity index (χ2v) is 5.34. The van der Waals surface area contributed by atoms with Crippen LogP contribution < -0.4 is 11.1 Å². The molecule has 0 heterocycles. The van der Waals surface area contributed by atoms with Crippen LogP contribution in [-0.4, -0.2) is 12.5 Å². The summed E-state index contributed by atoms with van der Waals surface area (Å²) in [6.07, 6.45) is 1.58. The number of anilines is 1. The molecule has 0 aliphatic carbocycles. The van der Waals surface area contributed by atoms with Gasteiger partial charge < -0.3 is 11.1 Å². The Morgan fingerprint density at radius 1 is 1.33 bits per heavy atom. The third-order valence-corrected chi connectivity index (χ3v) is 3.01. The van der Waals surface area contributed by atoms with E-state index >= 15 is 0 Å². The van der Waals surface area contributed by atoms with Crippen LogP contribution in [-0.2, 0) is 4.79 Å². The van der Waals surface area contributed by atoms with Gasteiger partial charge in [-0.05, 0) is 49.6 Å². The van der Waals surface area contributed by atoms with E-state index in [2.05, 4.69) is 19.2 Å². The number of carbonyl (C=O) groups is 1. The molecule has 1 amide bonds. The summed E-state index contributed by atoms with van der Waals surface area (Å²) in [6, 6.07) is 7.12. The Bertz CT molecular complexity index is 376. The summed E-state index contributed by atoms with van der Waals surface area (Å²) in [5, 5.41) is 3.57. The number of carbonyl (C=O) groups excluding carboxylic acids is 1. The van der Waals surface area contributed by atoms with Crippen molar-refractivity contribution in [2.75, 3.05) is 11.9 Å². The SMILES string of the molecule is CC(C)CC(CCN)C(=O)Nc1ccc(Cl)cc1. The topological polar surface area (TPSA) is 55.1 Å². The third kappa shape index (κ3) is 5.07. The monoisotopic (exact) mass is 268 g/mol. The molecule has 4 heteroatoms. The molecule has 0 aliphatic rings. The number of rotatable bonds is 6. The average molecular weight is 269 g/mol. The Hall–Kier alpha value is -1.06. The van der Waals surface area contributed by atoms with Gasteiger partial charge in [0.1, 0.15) is 0 Å². The Morgan fingerprint density at radius 3 is 2.44 bits per heavy atom. The van der Waals surface area contributed by atoms with E-state index in [4.69, 9.17) is 17.3 Å². The van der Waals surface area contributed by atoms with Gasteiger partial charge in [0.15, 0.2) is 0 Å². The van der Waals surface area contributed by atoms with Crippen LogP contribution in [0.5, 0.6) is 0 Å². The van der Waals surface area contributed by atoms with E-state index < -0.39 is 0 Å². The first-order valence-corrected chi connectivity index (χ1v) is 6.67. The standard InChI is InChI=1S/C14H21ClN2O/c1-10(2)9-11(7-8-16)14(18)17-13-5-3-12(15)4-6-13/h3-6,10-11H,7-9,16H2,1-2H3,(H,17,18). The highest BCUT2D eigenvalue weighted by molar-refractivity contribution is 6.30. The molecule has 0 radical (unpaired) electrons. The van der Waals surface area contributed by atoms with Crippen molar-refractivity contribution >= 4 is 23.2 Å². The summed E-state index contributed by atoms with van der Waals surface area (Å²) in [6.45, 7) is 4.75. The van der Waals surface area contributed by atoms with Crippen molar-refractivity contribution in [1.82, 2.24) is 0 Å². The molecule has 18 heavy (non-hydrogen) atoms.